The minimum Gasteiger partial charge on any atom is -0.295 e. The van der Waals surface area contributed by atoms with E-state index in [1.165, 1.54) is 33.4 Å². The molecule has 0 spiro atoms. The zero-order valence-electron chi connectivity index (χ0n) is 24.9. The molecule has 0 bridgehead atoms. The molecule has 208 valence electrons. The second kappa shape index (κ2) is 9.53. The van der Waals surface area contributed by atoms with Gasteiger partial charge in [-0.3, -0.25) is 4.90 Å². The molecule has 43 heavy (non-hydrogen) atoms. The zero-order chi connectivity index (χ0) is 30.1. The summed E-state index contributed by atoms with van der Waals surface area (Å²) in [5.41, 5.74) is 11.6. The average molecular weight is 575 g/mol. The topological polar surface area (TPSA) is 63.7 Å². The molecule has 5 aromatic rings. The molecule has 2 aromatic heterocycles. The van der Waals surface area contributed by atoms with E-state index in [4.69, 9.17) is 4.98 Å². The number of hydrogen-bond donors (Lipinski definition) is 0. The molecule has 0 fully saturated rings. The van der Waals surface area contributed by atoms with Gasteiger partial charge in [-0.15, -0.1) is 11.3 Å². The van der Waals surface area contributed by atoms with Gasteiger partial charge in [-0.05, 0) is 83.3 Å². The van der Waals surface area contributed by atoms with Gasteiger partial charge in [0, 0.05) is 37.5 Å². The quantitative estimate of drug-likeness (QED) is 0.200. The summed E-state index contributed by atoms with van der Waals surface area (Å²) in [7, 11) is 0. The van der Waals surface area contributed by atoms with Crippen molar-refractivity contribution in [2.24, 2.45) is 0 Å². The molecule has 0 N–H and O–H groups in total. The number of allylic oxidation sites excluding steroid dienone is 1. The van der Waals surface area contributed by atoms with E-state index in [1.807, 2.05) is 12.1 Å². The molecule has 2 heterocycles. The zero-order valence-corrected chi connectivity index (χ0v) is 25.7. The summed E-state index contributed by atoms with van der Waals surface area (Å²) in [6, 6.07) is 34.5. The molecule has 0 saturated heterocycles. The number of nitrogens with zero attached hydrogens (tertiary/aromatic N) is 4. The minimum absolute atomic E-state index is 0.106. The molecule has 0 radical (unpaired) electrons. The average Bonchev–Trinajstić information content (AvgIpc) is 3.60. The third-order valence-corrected chi connectivity index (χ3v) is 10.1. The lowest BCUT2D eigenvalue weighted by Crippen LogP contribution is -2.20. The molecule has 0 atom stereocenters. The number of aromatic nitrogens is 1. The first-order chi connectivity index (χ1) is 20.6. The lowest BCUT2D eigenvalue weighted by molar-refractivity contribution is 0.638. The van der Waals surface area contributed by atoms with E-state index < -0.39 is 0 Å². The molecule has 0 amide bonds. The van der Waals surface area contributed by atoms with Gasteiger partial charge in [0.1, 0.15) is 23.5 Å². The summed E-state index contributed by atoms with van der Waals surface area (Å²) in [5, 5.41) is 18.5. The van der Waals surface area contributed by atoms with E-state index in [-0.39, 0.29) is 16.4 Å². The molecule has 7 rings (SSSR count). The van der Waals surface area contributed by atoms with Crippen LogP contribution in [0.2, 0.25) is 0 Å². The molecule has 5 heteroatoms. The Bertz CT molecular complexity index is 2050. The van der Waals surface area contributed by atoms with Gasteiger partial charge >= 0.3 is 0 Å². The summed E-state index contributed by atoms with van der Waals surface area (Å²) < 4.78 is 0. The van der Waals surface area contributed by atoms with Crippen molar-refractivity contribution >= 4 is 34.6 Å². The van der Waals surface area contributed by atoms with E-state index in [1.54, 1.807) is 17.4 Å². The lowest BCUT2D eigenvalue weighted by Gasteiger charge is -2.28. The number of rotatable bonds is 4. The molecule has 2 aliphatic carbocycles. The Morgan fingerprint density at radius 3 is 2.16 bits per heavy atom. The van der Waals surface area contributed by atoms with E-state index in [2.05, 4.69) is 124 Å². The van der Waals surface area contributed by atoms with Crippen LogP contribution in [-0.2, 0) is 10.8 Å². The molecule has 0 saturated carbocycles. The van der Waals surface area contributed by atoms with E-state index >= 15 is 0 Å². The second-order valence-corrected chi connectivity index (χ2v) is 13.5. The van der Waals surface area contributed by atoms with Crippen molar-refractivity contribution in [3.8, 4) is 33.7 Å². The Kier molecular flexibility index (Phi) is 5.96. The lowest BCUT2D eigenvalue weighted by atomic mass is 9.82. The van der Waals surface area contributed by atoms with Crippen molar-refractivity contribution < 1.29 is 0 Å². The molecule has 2 aliphatic rings. The van der Waals surface area contributed by atoms with Crippen molar-refractivity contribution in [3.05, 3.63) is 123 Å². The molecular formula is C38H30N4S. The van der Waals surface area contributed by atoms with Crippen molar-refractivity contribution in [1.29, 1.82) is 10.5 Å². The van der Waals surface area contributed by atoms with Crippen molar-refractivity contribution in [2.45, 2.75) is 45.4 Å². The molecular weight excluding hydrogens is 545 g/mol. The van der Waals surface area contributed by atoms with Gasteiger partial charge in [0.2, 0.25) is 0 Å². The standard InChI is InChI=1S/C38H30N4S/c1-23-10-12-25(13-11-23)42(26-14-15-29-28-8-6-7-9-31(28)37(2,3)32(29)19-26)34-17-16-30-35-33(38(4,5)36(30)41-34)20-27(43-35)18-24(21-39)22-40/h6-20H,1-5H3. The largest absolute Gasteiger partial charge is 0.295 e. The van der Waals surface area contributed by atoms with Crippen LogP contribution in [0.15, 0.2) is 90.5 Å². The Morgan fingerprint density at radius 1 is 0.744 bits per heavy atom. The number of aryl methyl sites for hydroxylation is 1. The van der Waals surface area contributed by atoms with Crippen LogP contribution in [0.3, 0.4) is 0 Å². The summed E-state index contributed by atoms with van der Waals surface area (Å²) >= 11 is 1.61. The Labute approximate surface area is 256 Å². The highest BCUT2D eigenvalue weighted by atomic mass is 32.1. The third-order valence-electron chi connectivity index (χ3n) is 9.02. The van der Waals surface area contributed by atoms with Crippen molar-refractivity contribution in [3.63, 3.8) is 0 Å². The van der Waals surface area contributed by atoms with Gasteiger partial charge in [0.15, 0.2) is 0 Å². The summed E-state index contributed by atoms with van der Waals surface area (Å²) in [4.78, 5) is 9.70. The summed E-state index contributed by atoms with van der Waals surface area (Å²) in [6.07, 6.45) is 1.67. The maximum atomic E-state index is 9.26. The fourth-order valence-electron chi connectivity index (χ4n) is 6.68. The van der Waals surface area contributed by atoms with Gasteiger partial charge < -0.3 is 0 Å². The van der Waals surface area contributed by atoms with Gasteiger partial charge in [-0.25, -0.2) is 4.98 Å². The highest BCUT2D eigenvalue weighted by Crippen LogP contribution is 2.54. The van der Waals surface area contributed by atoms with Crippen LogP contribution in [0.4, 0.5) is 17.2 Å². The summed E-state index contributed by atoms with van der Waals surface area (Å²) in [5.74, 6) is 0.871. The second-order valence-electron chi connectivity index (χ2n) is 12.4. The molecule has 3 aromatic carbocycles. The maximum Gasteiger partial charge on any atom is 0.137 e. The minimum atomic E-state index is -0.330. The number of hydrogen-bond acceptors (Lipinski definition) is 5. The van der Waals surface area contributed by atoms with Crippen molar-refractivity contribution in [2.75, 3.05) is 4.90 Å². The van der Waals surface area contributed by atoms with Crippen LogP contribution in [0.5, 0.6) is 0 Å². The monoisotopic (exact) mass is 574 g/mol. The first kappa shape index (κ1) is 26.9. The highest BCUT2D eigenvalue weighted by Gasteiger charge is 2.40. The number of fused-ring (bicyclic) bond motifs is 6. The smallest absolute Gasteiger partial charge is 0.137 e. The number of pyridine rings is 1. The predicted octanol–water partition coefficient (Wildman–Crippen LogP) is 9.96. The van der Waals surface area contributed by atoms with Crippen LogP contribution in [0, 0.1) is 29.6 Å². The first-order valence-corrected chi connectivity index (χ1v) is 15.2. The third kappa shape index (κ3) is 4.04. The Morgan fingerprint density at radius 2 is 1.42 bits per heavy atom. The van der Waals surface area contributed by atoms with Crippen LogP contribution in [0.25, 0.3) is 27.6 Å². The number of nitriles is 2. The normalized spacial score (nSPS) is 14.5. The predicted molar refractivity (Wildman–Crippen MR) is 176 cm³/mol. The highest BCUT2D eigenvalue weighted by molar-refractivity contribution is 7.16. The van der Waals surface area contributed by atoms with Crippen LogP contribution >= 0.6 is 11.3 Å². The maximum absolute atomic E-state index is 9.26. The molecule has 0 aliphatic heterocycles. The summed E-state index contributed by atoms with van der Waals surface area (Å²) in [6.45, 7) is 11.1. The van der Waals surface area contributed by atoms with Crippen molar-refractivity contribution in [1.82, 2.24) is 4.98 Å². The number of anilines is 3. The number of thiophene rings is 1. The van der Waals surface area contributed by atoms with Crippen LogP contribution in [-0.4, -0.2) is 4.98 Å². The van der Waals surface area contributed by atoms with E-state index in [0.29, 0.717) is 0 Å². The molecule has 0 unspecified atom stereocenters. The van der Waals surface area contributed by atoms with Gasteiger partial charge in [0.25, 0.3) is 0 Å². The Hall–Kier alpha value is -4.97. The van der Waals surface area contributed by atoms with E-state index in [9.17, 15) is 10.5 Å². The number of benzene rings is 3. The van der Waals surface area contributed by atoms with Crippen LogP contribution < -0.4 is 4.90 Å². The first-order valence-electron chi connectivity index (χ1n) is 14.4. The fourth-order valence-corrected chi connectivity index (χ4v) is 7.96. The van der Waals surface area contributed by atoms with E-state index in [0.717, 1.165) is 38.2 Å². The van der Waals surface area contributed by atoms with Crippen LogP contribution in [0.1, 0.15) is 60.5 Å². The van der Waals surface area contributed by atoms with Gasteiger partial charge in [0.05, 0.1) is 5.69 Å². The van der Waals surface area contributed by atoms with Gasteiger partial charge in [-0.2, -0.15) is 10.5 Å². The Balaban J connectivity index is 1.37. The van der Waals surface area contributed by atoms with Gasteiger partial charge in [-0.1, -0.05) is 75.7 Å². The SMILES string of the molecule is Cc1ccc(N(c2ccc3c(c2)C(C)(C)c2ccccc2-3)c2ccc3c(n2)C(C)(C)c2cc(C=C(C#N)C#N)sc2-3)cc1. The molecule has 4 nitrogen and oxygen atoms in total. The fraction of sp³-hybridized carbons (Fsp3) is 0.184.